The number of nitrogens with two attached hydrogens (primary N) is 1. The van der Waals surface area contributed by atoms with Gasteiger partial charge in [-0.1, -0.05) is 30.3 Å². The number of hydrogen-bond acceptors (Lipinski definition) is 4. The number of hydrogen-bond donors (Lipinski definition) is 1. The number of ether oxygens (including phenoxy) is 2. The highest BCUT2D eigenvalue weighted by Gasteiger charge is 2.13. The number of carbonyl (C=O) groups is 1. The van der Waals surface area contributed by atoms with Crippen LogP contribution in [-0.2, 0) is 11.3 Å². The van der Waals surface area contributed by atoms with Crippen molar-refractivity contribution in [1.82, 2.24) is 4.57 Å². The summed E-state index contributed by atoms with van der Waals surface area (Å²) in [6, 6.07) is 15.4. The van der Waals surface area contributed by atoms with E-state index >= 15 is 0 Å². The van der Waals surface area contributed by atoms with Gasteiger partial charge < -0.3 is 19.8 Å². The Bertz CT molecular complexity index is 824. The largest absolute Gasteiger partial charge is 0.513 e. The minimum Gasteiger partial charge on any atom is -0.437 e. The quantitative estimate of drug-likeness (QED) is 0.594. The average molecular weight is 296 g/mol. The molecular weight excluding hydrogens is 280 g/mol. The lowest BCUT2D eigenvalue weighted by Crippen LogP contribution is -2.07. The van der Waals surface area contributed by atoms with Crippen LogP contribution >= 0.6 is 0 Å². The smallest absolute Gasteiger partial charge is 0.437 e. The molecule has 0 aliphatic heterocycles. The molecular formula is C17H16N2O3. The Kier molecular flexibility index (Phi) is 3.70. The molecule has 22 heavy (non-hydrogen) atoms. The summed E-state index contributed by atoms with van der Waals surface area (Å²) < 4.78 is 11.8. The number of benzene rings is 2. The SMILES string of the molecule is COC(=O)Oc1cn(Cc2ccccc2N)c2ccccc12. The number of nitrogen functional groups attached to an aromatic ring is 1. The Morgan fingerprint density at radius 3 is 2.64 bits per heavy atom. The fourth-order valence-corrected chi connectivity index (χ4v) is 2.42. The third-order valence-corrected chi connectivity index (χ3v) is 3.51. The molecule has 0 atom stereocenters. The van der Waals surface area contributed by atoms with Gasteiger partial charge in [0.25, 0.3) is 0 Å². The third kappa shape index (κ3) is 2.61. The maximum absolute atomic E-state index is 11.4. The van der Waals surface area contributed by atoms with Crippen molar-refractivity contribution in [2.75, 3.05) is 12.8 Å². The summed E-state index contributed by atoms with van der Waals surface area (Å²) in [5.41, 5.74) is 8.70. The molecule has 1 heterocycles. The number of methoxy groups -OCH3 is 1. The first kappa shape index (κ1) is 14.0. The van der Waals surface area contributed by atoms with Gasteiger partial charge in [0.15, 0.2) is 5.75 Å². The highest BCUT2D eigenvalue weighted by Crippen LogP contribution is 2.29. The van der Waals surface area contributed by atoms with Crippen LogP contribution in [0.5, 0.6) is 5.75 Å². The van der Waals surface area contributed by atoms with E-state index in [4.69, 9.17) is 10.5 Å². The van der Waals surface area contributed by atoms with Crippen LogP contribution in [0.4, 0.5) is 10.5 Å². The molecule has 5 heteroatoms. The van der Waals surface area contributed by atoms with Crippen LogP contribution in [0.15, 0.2) is 54.7 Å². The summed E-state index contributed by atoms with van der Waals surface area (Å²) in [5.74, 6) is 0.469. The van der Waals surface area contributed by atoms with Crippen molar-refractivity contribution in [1.29, 1.82) is 0 Å². The molecule has 3 aromatic rings. The lowest BCUT2D eigenvalue weighted by atomic mass is 10.2. The second-order valence-corrected chi connectivity index (χ2v) is 4.89. The summed E-state index contributed by atoms with van der Waals surface area (Å²) in [7, 11) is 1.28. The monoisotopic (exact) mass is 296 g/mol. The maximum atomic E-state index is 11.4. The molecule has 0 aliphatic carbocycles. The lowest BCUT2D eigenvalue weighted by molar-refractivity contribution is 0.122. The number of aromatic nitrogens is 1. The number of nitrogens with zero attached hydrogens (tertiary/aromatic N) is 1. The van der Waals surface area contributed by atoms with Gasteiger partial charge in [0.05, 0.1) is 12.6 Å². The highest BCUT2D eigenvalue weighted by atomic mass is 16.7. The molecule has 0 radical (unpaired) electrons. The van der Waals surface area contributed by atoms with Crippen LogP contribution in [0, 0.1) is 0 Å². The first-order valence-electron chi connectivity index (χ1n) is 6.86. The van der Waals surface area contributed by atoms with Crippen molar-refractivity contribution in [2.45, 2.75) is 6.54 Å². The van der Waals surface area contributed by atoms with E-state index in [1.54, 1.807) is 6.20 Å². The summed E-state index contributed by atoms with van der Waals surface area (Å²) in [5, 5.41) is 0.849. The number of anilines is 1. The molecule has 0 aliphatic rings. The molecule has 112 valence electrons. The van der Waals surface area contributed by atoms with Crippen molar-refractivity contribution in [3.63, 3.8) is 0 Å². The molecule has 0 unspecified atom stereocenters. The van der Waals surface area contributed by atoms with Crippen LogP contribution in [0.25, 0.3) is 10.9 Å². The van der Waals surface area contributed by atoms with E-state index in [0.717, 1.165) is 22.2 Å². The number of para-hydroxylation sites is 2. The predicted octanol–water partition coefficient (Wildman–Crippen LogP) is 3.42. The van der Waals surface area contributed by atoms with Crippen molar-refractivity contribution in [2.24, 2.45) is 0 Å². The van der Waals surface area contributed by atoms with Gasteiger partial charge >= 0.3 is 6.16 Å². The van der Waals surface area contributed by atoms with Crippen LogP contribution in [0.1, 0.15) is 5.56 Å². The summed E-state index contributed by atoms with van der Waals surface area (Å²) >= 11 is 0. The van der Waals surface area contributed by atoms with Gasteiger partial charge in [-0.05, 0) is 23.8 Å². The molecule has 0 spiro atoms. The summed E-state index contributed by atoms with van der Waals surface area (Å²) in [6.07, 6.45) is 1.05. The Labute approximate surface area is 127 Å². The topological polar surface area (TPSA) is 66.5 Å². The highest BCUT2D eigenvalue weighted by molar-refractivity contribution is 5.88. The predicted molar refractivity (Wildman–Crippen MR) is 84.9 cm³/mol. The van der Waals surface area contributed by atoms with Crippen LogP contribution in [0.3, 0.4) is 0 Å². The molecule has 0 fully saturated rings. The zero-order valence-electron chi connectivity index (χ0n) is 12.2. The molecule has 1 aromatic heterocycles. The minimum absolute atomic E-state index is 0.469. The van der Waals surface area contributed by atoms with E-state index in [1.165, 1.54) is 7.11 Å². The van der Waals surface area contributed by atoms with Gasteiger partial charge in [-0.2, -0.15) is 0 Å². The summed E-state index contributed by atoms with van der Waals surface area (Å²) in [4.78, 5) is 11.4. The van der Waals surface area contributed by atoms with Gasteiger partial charge in [0, 0.05) is 23.8 Å². The molecule has 5 nitrogen and oxygen atoms in total. The van der Waals surface area contributed by atoms with Crippen molar-refractivity contribution in [3.8, 4) is 5.75 Å². The van der Waals surface area contributed by atoms with E-state index < -0.39 is 6.16 Å². The number of rotatable bonds is 3. The second-order valence-electron chi connectivity index (χ2n) is 4.89. The molecule has 0 saturated carbocycles. The standard InChI is InChI=1S/C17H16N2O3/c1-21-17(20)22-16-11-19(15-9-5-3-7-13(15)16)10-12-6-2-4-8-14(12)18/h2-9,11H,10,18H2,1H3. The third-order valence-electron chi connectivity index (χ3n) is 3.51. The van der Waals surface area contributed by atoms with Crippen LogP contribution in [-0.4, -0.2) is 17.8 Å². The van der Waals surface area contributed by atoms with Gasteiger partial charge in [-0.15, -0.1) is 0 Å². The summed E-state index contributed by atoms with van der Waals surface area (Å²) in [6.45, 7) is 0.595. The molecule has 0 amide bonds. The van der Waals surface area contributed by atoms with Crippen molar-refractivity contribution >= 4 is 22.7 Å². The van der Waals surface area contributed by atoms with Gasteiger partial charge in [0.2, 0.25) is 0 Å². The second kappa shape index (κ2) is 5.81. The zero-order chi connectivity index (χ0) is 15.5. The maximum Gasteiger partial charge on any atom is 0.513 e. The Morgan fingerprint density at radius 1 is 1.14 bits per heavy atom. The van der Waals surface area contributed by atoms with Crippen molar-refractivity contribution in [3.05, 3.63) is 60.3 Å². The van der Waals surface area contributed by atoms with Crippen LogP contribution < -0.4 is 10.5 Å². The first-order chi connectivity index (χ1) is 10.7. The van der Waals surface area contributed by atoms with E-state index in [0.29, 0.717) is 12.3 Å². The Hall–Kier alpha value is -2.95. The van der Waals surface area contributed by atoms with E-state index in [9.17, 15) is 4.79 Å². The Balaban J connectivity index is 2.03. The van der Waals surface area contributed by atoms with Gasteiger partial charge in [-0.25, -0.2) is 4.79 Å². The molecule has 2 N–H and O–H groups in total. The molecule has 3 rings (SSSR count). The van der Waals surface area contributed by atoms with E-state index in [-0.39, 0.29) is 0 Å². The fourth-order valence-electron chi connectivity index (χ4n) is 2.42. The minimum atomic E-state index is -0.734. The van der Waals surface area contributed by atoms with Gasteiger partial charge in [-0.3, -0.25) is 0 Å². The van der Waals surface area contributed by atoms with Crippen molar-refractivity contribution < 1.29 is 14.3 Å². The Morgan fingerprint density at radius 2 is 1.86 bits per heavy atom. The molecule has 2 aromatic carbocycles. The van der Waals surface area contributed by atoms with E-state index in [1.807, 2.05) is 53.1 Å². The number of carbonyl (C=O) groups excluding carboxylic acids is 1. The lowest BCUT2D eigenvalue weighted by Gasteiger charge is -2.07. The van der Waals surface area contributed by atoms with E-state index in [2.05, 4.69) is 4.74 Å². The van der Waals surface area contributed by atoms with Crippen LogP contribution in [0.2, 0.25) is 0 Å². The molecule has 0 bridgehead atoms. The zero-order valence-corrected chi connectivity index (χ0v) is 12.2. The van der Waals surface area contributed by atoms with Gasteiger partial charge in [0.1, 0.15) is 0 Å². The average Bonchev–Trinajstić information content (AvgIpc) is 2.88. The first-order valence-corrected chi connectivity index (χ1v) is 6.86. The molecule has 0 saturated heterocycles. The fraction of sp³-hybridized carbons (Fsp3) is 0.118. The normalized spacial score (nSPS) is 10.6. The number of fused-ring (bicyclic) bond motifs is 1.